The van der Waals surface area contributed by atoms with Gasteiger partial charge in [0, 0.05) is 12.6 Å². The number of rotatable bonds is 3. The van der Waals surface area contributed by atoms with Crippen LogP contribution in [0.2, 0.25) is 0 Å². The molecule has 0 bridgehead atoms. The Morgan fingerprint density at radius 2 is 2.06 bits per heavy atom. The summed E-state index contributed by atoms with van der Waals surface area (Å²) in [4.78, 5) is 12.3. The summed E-state index contributed by atoms with van der Waals surface area (Å²) in [6.07, 6.45) is 3.03. The minimum atomic E-state index is -0.218. The summed E-state index contributed by atoms with van der Waals surface area (Å²) >= 11 is 0. The smallest absolute Gasteiger partial charge is 0.230 e. The Morgan fingerprint density at radius 1 is 1.29 bits per heavy atom. The van der Waals surface area contributed by atoms with E-state index in [-0.39, 0.29) is 11.3 Å². The van der Waals surface area contributed by atoms with Crippen LogP contribution in [-0.4, -0.2) is 25.0 Å². The van der Waals surface area contributed by atoms with E-state index in [1.807, 2.05) is 18.2 Å². The Bertz CT molecular complexity index is 405. The van der Waals surface area contributed by atoms with E-state index in [1.165, 1.54) is 5.56 Å². The Hall–Kier alpha value is -1.35. The number of carbonyl (C=O) groups is 1. The highest BCUT2D eigenvalue weighted by molar-refractivity contribution is 5.91. The molecule has 3 heteroatoms. The molecule has 1 saturated heterocycles. The molecule has 1 heterocycles. The summed E-state index contributed by atoms with van der Waals surface area (Å²) < 4.78 is 0. The van der Waals surface area contributed by atoms with Crippen molar-refractivity contribution in [3.05, 3.63) is 35.9 Å². The second kappa shape index (κ2) is 4.15. The van der Waals surface area contributed by atoms with E-state index in [1.54, 1.807) is 0 Å². The van der Waals surface area contributed by atoms with Gasteiger partial charge in [-0.2, -0.15) is 0 Å². The molecule has 1 aliphatic carbocycles. The number of carbonyl (C=O) groups excluding carboxylic acids is 1. The fourth-order valence-electron chi connectivity index (χ4n) is 2.63. The molecule has 0 spiro atoms. The van der Waals surface area contributed by atoms with Gasteiger partial charge in [-0.3, -0.25) is 4.79 Å². The molecule has 0 radical (unpaired) electrons. The minimum absolute atomic E-state index is 0.218. The molecule has 2 aliphatic rings. The van der Waals surface area contributed by atoms with Gasteiger partial charge in [-0.15, -0.1) is 0 Å². The van der Waals surface area contributed by atoms with Gasteiger partial charge in [0.1, 0.15) is 0 Å². The number of nitrogens with one attached hydrogen (secondary N) is 2. The van der Waals surface area contributed by atoms with E-state index in [4.69, 9.17) is 0 Å². The molecule has 3 rings (SSSR count). The summed E-state index contributed by atoms with van der Waals surface area (Å²) in [5, 5.41) is 6.45. The van der Waals surface area contributed by atoms with Gasteiger partial charge in [-0.25, -0.2) is 0 Å². The maximum absolute atomic E-state index is 12.3. The lowest BCUT2D eigenvalue weighted by Gasteiger charge is -2.19. The molecule has 2 fully saturated rings. The van der Waals surface area contributed by atoms with Crippen molar-refractivity contribution in [1.29, 1.82) is 0 Å². The van der Waals surface area contributed by atoms with Crippen LogP contribution in [0, 0.1) is 0 Å². The first-order chi connectivity index (χ1) is 8.31. The van der Waals surface area contributed by atoms with Crippen LogP contribution in [0.1, 0.15) is 24.8 Å². The Labute approximate surface area is 102 Å². The summed E-state index contributed by atoms with van der Waals surface area (Å²) in [5.74, 6) is 0.220. The van der Waals surface area contributed by atoms with Crippen molar-refractivity contribution < 1.29 is 4.79 Å². The second-order valence-electron chi connectivity index (χ2n) is 5.11. The predicted octanol–water partition coefficient (Wildman–Crippen LogP) is 1.20. The van der Waals surface area contributed by atoms with Crippen LogP contribution in [-0.2, 0) is 10.2 Å². The van der Waals surface area contributed by atoms with Crippen molar-refractivity contribution in [2.24, 2.45) is 0 Å². The topological polar surface area (TPSA) is 41.1 Å². The van der Waals surface area contributed by atoms with Gasteiger partial charge in [0.25, 0.3) is 0 Å². The molecular formula is C14H18N2O. The Morgan fingerprint density at radius 3 is 2.65 bits per heavy atom. The van der Waals surface area contributed by atoms with Crippen LogP contribution in [0.15, 0.2) is 30.3 Å². The first kappa shape index (κ1) is 10.8. The van der Waals surface area contributed by atoms with Gasteiger partial charge < -0.3 is 10.6 Å². The van der Waals surface area contributed by atoms with Gasteiger partial charge in [-0.05, 0) is 31.4 Å². The second-order valence-corrected chi connectivity index (χ2v) is 5.11. The lowest BCUT2D eigenvalue weighted by molar-refractivity contribution is -0.124. The van der Waals surface area contributed by atoms with E-state index in [9.17, 15) is 4.79 Å². The summed E-state index contributed by atoms with van der Waals surface area (Å²) in [6.45, 7) is 1.93. The third-order valence-electron chi connectivity index (χ3n) is 3.91. The lowest BCUT2D eigenvalue weighted by Crippen LogP contribution is -2.42. The fourth-order valence-corrected chi connectivity index (χ4v) is 2.63. The first-order valence-electron chi connectivity index (χ1n) is 6.38. The molecule has 1 atom stereocenters. The normalized spacial score (nSPS) is 25.5. The summed E-state index contributed by atoms with van der Waals surface area (Å²) in [7, 11) is 0. The highest BCUT2D eigenvalue weighted by atomic mass is 16.2. The van der Waals surface area contributed by atoms with Crippen molar-refractivity contribution in [1.82, 2.24) is 10.6 Å². The molecular weight excluding hydrogens is 212 g/mol. The highest BCUT2D eigenvalue weighted by Gasteiger charge is 2.51. The van der Waals surface area contributed by atoms with Crippen molar-refractivity contribution in [3.63, 3.8) is 0 Å². The van der Waals surface area contributed by atoms with E-state index in [0.29, 0.717) is 6.04 Å². The quantitative estimate of drug-likeness (QED) is 0.819. The van der Waals surface area contributed by atoms with Crippen LogP contribution >= 0.6 is 0 Å². The predicted molar refractivity (Wildman–Crippen MR) is 66.8 cm³/mol. The molecule has 3 nitrogen and oxygen atoms in total. The monoisotopic (exact) mass is 230 g/mol. The van der Waals surface area contributed by atoms with Crippen molar-refractivity contribution in [2.75, 3.05) is 13.1 Å². The zero-order valence-corrected chi connectivity index (χ0v) is 9.91. The number of hydrogen-bond donors (Lipinski definition) is 2. The number of amides is 1. The third-order valence-corrected chi connectivity index (χ3v) is 3.91. The molecule has 90 valence electrons. The van der Waals surface area contributed by atoms with E-state index < -0.39 is 0 Å². The van der Waals surface area contributed by atoms with Gasteiger partial charge in [0.15, 0.2) is 0 Å². The standard InChI is InChI=1S/C14H18N2O/c17-13(16-12-6-9-15-10-12)14(7-8-14)11-4-2-1-3-5-11/h1-5,12,15H,6-10H2,(H,16,17)/t12-/m1/s1. The molecule has 1 saturated carbocycles. The summed E-state index contributed by atoms with van der Waals surface area (Å²) in [5.41, 5.74) is 0.951. The SMILES string of the molecule is O=C(N[C@@H]1CCNC1)C1(c2ccccc2)CC1. The molecule has 0 aromatic heterocycles. The van der Waals surface area contributed by atoms with Crippen LogP contribution < -0.4 is 10.6 Å². The maximum Gasteiger partial charge on any atom is 0.230 e. The highest BCUT2D eigenvalue weighted by Crippen LogP contribution is 2.48. The maximum atomic E-state index is 12.3. The minimum Gasteiger partial charge on any atom is -0.351 e. The molecule has 1 aliphatic heterocycles. The van der Waals surface area contributed by atoms with Crippen LogP contribution in [0.3, 0.4) is 0 Å². The Kier molecular flexibility index (Phi) is 2.63. The van der Waals surface area contributed by atoms with Crippen LogP contribution in [0.5, 0.6) is 0 Å². The molecule has 2 N–H and O–H groups in total. The van der Waals surface area contributed by atoms with Crippen molar-refractivity contribution in [3.8, 4) is 0 Å². The fraction of sp³-hybridized carbons (Fsp3) is 0.500. The zero-order valence-electron chi connectivity index (χ0n) is 9.91. The Balaban J connectivity index is 1.72. The number of benzene rings is 1. The van der Waals surface area contributed by atoms with Gasteiger partial charge in [0.2, 0.25) is 5.91 Å². The van der Waals surface area contributed by atoms with Crippen LogP contribution in [0.25, 0.3) is 0 Å². The molecule has 0 unspecified atom stereocenters. The third kappa shape index (κ3) is 1.95. The molecule has 17 heavy (non-hydrogen) atoms. The average molecular weight is 230 g/mol. The lowest BCUT2D eigenvalue weighted by atomic mass is 9.94. The van der Waals surface area contributed by atoms with Gasteiger partial charge >= 0.3 is 0 Å². The van der Waals surface area contributed by atoms with E-state index in [2.05, 4.69) is 22.8 Å². The van der Waals surface area contributed by atoms with Crippen molar-refractivity contribution in [2.45, 2.75) is 30.7 Å². The first-order valence-corrected chi connectivity index (χ1v) is 6.38. The van der Waals surface area contributed by atoms with Crippen molar-refractivity contribution >= 4 is 5.91 Å². The van der Waals surface area contributed by atoms with Gasteiger partial charge in [-0.1, -0.05) is 30.3 Å². The zero-order chi connectivity index (χ0) is 11.7. The molecule has 1 aromatic rings. The number of hydrogen-bond acceptors (Lipinski definition) is 2. The molecule has 1 aromatic carbocycles. The van der Waals surface area contributed by atoms with E-state index >= 15 is 0 Å². The largest absolute Gasteiger partial charge is 0.351 e. The molecule has 1 amide bonds. The van der Waals surface area contributed by atoms with Crippen LogP contribution in [0.4, 0.5) is 0 Å². The van der Waals surface area contributed by atoms with E-state index in [0.717, 1.165) is 32.4 Å². The summed E-state index contributed by atoms with van der Waals surface area (Å²) in [6, 6.07) is 10.5. The average Bonchev–Trinajstić information content (AvgIpc) is 3.04. The van der Waals surface area contributed by atoms with Gasteiger partial charge in [0.05, 0.1) is 5.41 Å².